The molecule has 2 aromatic heterocycles. The Morgan fingerprint density at radius 1 is 1.03 bits per heavy atom. The van der Waals surface area contributed by atoms with Crippen LogP contribution in [0.5, 0.6) is 0 Å². The van der Waals surface area contributed by atoms with Crippen molar-refractivity contribution in [3.63, 3.8) is 0 Å². The topological polar surface area (TPSA) is 46.4 Å². The van der Waals surface area contributed by atoms with Gasteiger partial charge in [0.15, 0.2) is 0 Å². The molecule has 29 heavy (non-hydrogen) atoms. The monoisotopic (exact) mass is 403 g/mol. The van der Waals surface area contributed by atoms with E-state index in [1.807, 2.05) is 66.9 Å². The number of carbonyl (C=O) groups is 1. The number of rotatable bonds is 6. The van der Waals surface area contributed by atoms with Crippen LogP contribution in [-0.2, 0) is 17.8 Å². The Bertz CT molecular complexity index is 1150. The number of hydrogen-bond donors (Lipinski definition) is 1. The molecule has 1 N–H and O–H groups in total. The Hall–Kier alpha value is -3.11. The number of nitrogens with zero attached hydrogens (tertiary/aromatic N) is 2. The summed E-state index contributed by atoms with van der Waals surface area (Å²) in [5.41, 5.74) is 6.09. The Morgan fingerprint density at radius 3 is 2.59 bits per heavy atom. The lowest BCUT2D eigenvalue weighted by Crippen LogP contribution is -2.23. The van der Waals surface area contributed by atoms with Gasteiger partial charge in [-0.15, -0.1) is 0 Å². The zero-order valence-corrected chi connectivity index (χ0v) is 17.0. The zero-order valence-electron chi connectivity index (χ0n) is 16.2. The van der Waals surface area contributed by atoms with Crippen LogP contribution in [0.4, 0.5) is 0 Å². The van der Waals surface area contributed by atoms with E-state index in [1.54, 1.807) is 0 Å². The highest BCUT2D eigenvalue weighted by Gasteiger charge is 2.15. The maximum Gasteiger partial charge on any atom is 0.220 e. The van der Waals surface area contributed by atoms with Gasteiger partial charge in [0, 0.05) is 29.7 Å². The molecular formula is C24H22ClN3O. The summed E-state index contributed by atoms with van der Waals surface area (Å²) >= 11 is 6.04. The predicted octanol–water partition coefficient (Wildman–Crippen LogP) is 5.21. The first-order valence-electron chi connectivity index (χ1n) is 9.65. The molecule has 0 saturated carbocycles. The van der Waals surface area contributed by atoms with E-state index in [-0.39, 0.29) is 5.91 Å². The van der Waals surface area contributed by atoms with Crippen molar-refractivity contribution in [2.24, 2.45) is 0 Å². The second kappa shape index (κ2) is 8.50. The van der Waals surface area contributed by atoms with Crippen molar-refractivity contribution in [3.05, 3.63) is 94.8 Å². The molecule has 0 aliphatic heterocycles. The van der Waals surface area contributed by atoms with E-state index in [2.05, 4.69) is 22.7 Å². The maximum absolute atomic E-state index is 12.5. The summed E-state index contributed by atoms with van der Waals surface area (Å²) in [7, 11) is 0. The number of aryl methyl sites for hydroxylation is 2. The van der Waals surface area contributed by atoms with Crippen LogP contribution in [0.15, 0.2) is 72.9 Å². The lowest BCUT2D eigenvalue weighted by atomic mass is 10.1. The molecule has 2 aromatic carbocycles. The van der Waals surface area contributed by atoms with E-state index in [0.717, 1.165) is 28.2 Å². The highest BCUT2D eigenvalue weighted by atomic mass is 35.5. The largest absolute Gasteiger partial charge is 0.352 e. The van der Waals surface area contributed by atoms with E-state index in [4.69, 9.17) is 16.6 Å². The van der Waals surface area contributed by atoms with E-state index in [9.17, 15) is 4.79 Å². The number of carbonyl (C=O) groups excluding carboxylic acids is 1. The summed E-state index contributed by atoms with van der Waals surface area (Å²) in [6.07, 6.45) is 2.99. The van der Waals surface area contributed by atoms with Gasteiger partial charge in [0.25, 0.3) is 0 Å². The van der Waals surface area contributed by atoms with Gasteiger partial charge < -0.3 is 9.72 Å². The van der Waals surface area contributed by atoms with Crippen molar-refractivity contribution in [2.45, 2.75) is 26.3 Å². The smallest absolute Gasteiger partial charge is 0.220 e. The number of benzene rings is 2. The highest BCUT2D eigenvalue weighted by Crippen LogP contribution is 2.26. The van der Waals surface area contributed by atoms with Gasteiger partial charge in [-0.25, -0.2) is 4.98 Å². The van der Waals surface area contributed by atoms with E-state index < -0.39 is 0 Å². The van der Waals surface area contributed by atoms with Crippen molar-refractivity contribution in [2.75, 3.05) is 0 Å². The molecule has 0 atom stereocenters. The second-order valence-electron chi connectivity index (χ2n) is 7.05. The van der Waals surface area contributed by atoms with Gasteiger partial charge in [-0.3, -0.25) is 4.79 Å². The number of nitrogens with one attached hydrogen (secondary N) is 1. The van der Waals surface area contributed by atoms with Crippen LogP contribution in [0.25, 0.3) is 16.9 Å². The fourth-order valence-corrected chi connectivity index (χ4v) is 3.57. The average molecular weight is 404 g/mol. The standard InChI is InChI=1S/C24H22ClN3O/c1-17-6-2-3-7-19(17)16-26-23(29)14-13-21-24(18-9-11-20(25)12-10-18)27-22-8-4-5-15-28(21)22/h2-12,15H,13-14,16H2,1H3,(H,26,29). The predicted molar refractivity (Wildman–Crippen MR) is 117 cm³/mol. The zero-order chi connectivity index (χ0) is 20.2. The molecule has 5 heteroatoms. The van der Waals surface area contributed by atoms with Crippen molar-refractivity contribution in [1.29, 1.82) is 0 Å². The third-order valence-electron chi connectivity index (χ3n) is 5.07. The molecule has 0 aliphatic carbocycles. The van der Waals surface area contributed by atoms with Crippen LogP contribution >= 0.6 is 11.6 Å². The van der Waals surface area contributed by atoms with Gasteiger partial charge in [0.1, 0.15) is 5.65 Å². The first-order chi connectivity index (χ1) is 14.1. The number of halogens is 1. The van der Waals surface area contributed by atoms with Crippen molar-refractivity contribution in [1.82, 2.24) is 14.7 Å². The summed E-state index contributed by atoms with van der Waals surface area (Å²) in [5.74, 6) is 0.0289. The number of pyridine rings is 1. The molecule has 0 aliphatic rings. The molecule has 146 valence electrons. The normalized spacial score (nSPS) is 11.0. The fourth-order valence-electron chi connectivity index (χ4n) is 3.45. The average Bonchev–Trinajstić information content (AvgIpc) is 3.11. The molecule has 0 spiro atoms. The molecule has 1 amide bonds. The van der Waals surface area contributed by atoms with Gasteiger partial charge in [0.2, 0.25) is 5.91 Å². The molecule has 0 fully saturated rings. The van der Waals surface area contributed by atoms with Crippen molar-refractivity contribution < 1.29 is 4.79 Å². The fraction of sp³-hybridized carbons (Fsp3) is 0.167. The second-order valence-corrected chi connectivity index (χ2v) is 7.48. The van der Waals surface area contributed by atoms with E-state index >= 15 is 0 Å². The summed E-state index contributed by atoms with van der Waals surface area (Å²) in [6.45, 7) is 2.60. The van der Waals surface area contributed by atoms with Gasteiger partial charge in [-0.1, -0.05) is 54.1 Å². The minimum atomic E-state index is 0.0289. The lowest BCUT2D eigenvalue weighted by molar-refractivity contribution is -0.121. The minimum Gasteiger partial charge on any atom is -0.352 e. The van der Waals surface area contributed by atoms with Gasteiger partial charge in [0.05, 0.1) is 11.4 Å². The van der Waals surface area contributed by atoms with Crippen LogP contribution in [0.1, 0.15) is 23.2 Å². The summed E-state index contributed by atoms with van der Waals surface area (Å²) in [5, 5.41) is 3.72. The lowest BCUT2D eigenvalue weighted by Gasteiger charge is -2.09. The number of amides is 1. The number of imidazole rings is 1. The van der Waals surface area contributed by atoms with Gasteiger partial charge >= 0.3 is 0 Å². The Kier molecular flexibility index (Phi) is 5.63. The van der Waals surface area contributed by atoms with Gasteiger partial charge in [-0.2, -0.15) is 0 Å². The molecule has 0 bridgehead atoms. The third-order valence-corrected chi connectivity index (χ3v) is 5.32. The first kappa shape index (κ1) is 19.2. The molecule has 0 radical (unpaired) electrons. The quantitative estimate of drug-likeness (QED) is 0.480. The minimum absolute atomic E-state index is 0.0289. The molecule has 4 aromatic rings. The first-order valence-corrected chi connectivity index (χ1v) is 10.0. The molecular weight excluding hydrogens is 382 g/mol. The summed E-state index contributed by atoms with van der Waals surface area (Å²) in [4.78, 5) is 17.3. The summed E-state index contributed by atoms with van der Waals surface area (Å²) < 4.78 is 2.05. The Balaban J connectivity index is 1.52. The number of fused-ring (bicyclic) bond motifs is 1. The number of aromatic nitrogens is 2. The maximum atomic E-state index is 12.5. The number of hydrogen-bond acceptors (Lipinski definition) is 2. The molecule has 2 heterocycles. The molecule has 4 rings (SSSR count). The van der Waals surface area contributed by atoms with Crippen LogP contribution in [0, 0.1) is 6.92 Å². The Labute approximate surface area is 175 Å². The van der Waals surface area contributed by atoms with Crippen LogP contribution in [0.3, 0.4) is 0 Å². The molecule has 0 saturated heterocycles. The van der Waals surface area contributed by atoms with Crippen molar-refractivity contribution >= 4 is 23.2 Å². The van der Waals surface area contributed by atoms with Crippen LogP contribution in [0.2, 0.25) is 5.02 Å². The third kappa shape index (κ3) is 4.33. The van der Waals surface area contributed by atoms with Crippen LogP contribution < -0.4 is 5.32 Å². The highest BCUT2D eigenvalue weighted by molar-refractivity contribution is 6.30. The molecule has 0 unspecified atom stereocenters. The Morgan fingerprint density at radius 2 is 1.79 bits per heavy atom. The molecule has 4 nitrogen and oxygen atoms in total. The SMILES string of the molecule is Cc1ccccc1CNC(=O)CCc1c(-c2ccc(Cl)cc2)nc2ccccn12. The summed E-state index contributed by atoms with van der Waals surface area (Å²) in [6, 6.07) is 21.7. The van der Waals surface area contributed by atoms with Crippen LogP contribution in [-0.4, -0.2) is 15.3 Å². The van der Waals surface area contributed by atoms with E-state index in [1.165, 1.54) is 5.56 Å². The van der Waals surface area contributed by atoms with Gasteiger partial charge in [-0.05, 0) is 48.7 Å². The van der Waals surface area contributed by atoms with E-state index in [0.29, 0.717) is 24.4 Å². The van der Waals surface area contributed by atoms with Crippen molar-refractivity contribution in [3.8, 4) is 11.3 Å².